The maximum atomic E-state index is 2.57. The van der Waals surface area contributed by atoms with Crippen LogP contribution in [0.2, 0.25) is 0 Å². The van der Waals surface area contributed by atoms with Crippen LogP contribution in [0.25, 0.3) is 73.0 Å². The highest BCUT2D eigenvalue weighted by molar-refractivity contribution is 6.04. The molecule has 11 heteroatoms. The van der Waals surface area contributed by atoms with E-state index in [1.807, 2.05) is 0 Å². The summed E-state index contributed by atoms with van der Waals surface area (Å²) in [7, 11) is 0. The number of benzene rings is 13. The summed E-state index contributed by atoms with van der Waals surface area (Å²) in [5, 5.41) is 0. The van der Waals surface area contributed by atoms with Crippen LogP contribution in [0.5, 0.6) is 0 Å². The van der Waals surface area contributed by atoms with E-state index in [4.69, 9.17) is 0 Å². The van der Waals surface area contributed by atoms with Gasteiger partial charge in [0, 0.05) is 110 Å². The maximum absolute atomic E-state index is 2.57. The molecule has 5 unspecified atom stereocenters. The zero-order valence-electron chi connectivity index (χ0n) is 79.7. The van der Waals surface area contributed by atoms with Crippen molar-refractivity contribution in [3.05, 3.63) is 592 Å². The van der Waals surface area contributed by atoms with E-state index < -0.39 is 0 Å². The standard InChI is InChI=1S/C23H16N2.2C23H17N.2C22H16N2.C21H15N3/c1-2-10-18-16(8-1)17-9-3-4-11-19(17)25-21-13-6-5-12-20(21)24-15-7-14-22(24)23(18)25;2*1-2-9-19-15(7-1)18-11-6-14-22(18)24-21-13-4-3-8-17(21)16-10-5-12-20(16)23(19)24;2*1-2-10-18-16(7-1)15-8-5-9-17(15)22-21-13-6-14-23(21)19-11-3-4-12-20(19)24(18)22;1-3-9-17-15(7-1)22-13-5-11-19(22)21-20-12-6-14-23(20)16-8-2-4-10-18(16)24(17)21/h1-15,23H;1-4,7-14,23H,5-6H2;1-5,7-9,11-14,23H,6,10H2;1-7,9-14,22H,8H2;1-8,10-14,22H,9H2;1-14,21H. The molecule has 13 aromatic carbocycles. The Morgan fingerprint density at radius 1 is 0.186 bits per heavy atom. The van der Waals surface area contributed by atoms with E-state index in [2.05, 4.69) is 532 Å². The van der Waals surface area contributed by atoms with Crippen LogP contribution in [0.3, 0.4) is 0 Å². The molecule has 36 rings (SSSR count). The van der Waals surface area contributed by atoms with Crippen LogP contribution in [-0.4, -0.2) is 22.8 Å². The number of allylic oxidation sites excluding steroid dienone is 15. The predicted molar refractivity (Wildman–Crippen MR) is 592 cm³/mol. The van der Waals surface area contributed by atoms with Crippen molar-refractivity contribution in [2.45, 2.75) is 74.8 Å². The fourth-order valence-electron chi connectivity index (χ4n) is 27.3. The molecule has 0 N–H and O–H groups in total. The molecule has 17 heterocycles. The molecule has 688 valence electrons. The van der Waals surface area contributed by atoms with Crippen LogP contribution in [0, 0.1) is 0 Å². The lowest BCUT2D eigenvalue weighted by atomic mass is 9.78. The maximum Gasteiger partial charge on any atom is 0.115 e. The Balaban J connectivity index is 0.0000000792. The van der Waals surface area contributed by atoms with Crippen molar-refractivity contribution in [3.63, 3.8) is 0 Å². The van der Waals surface area contributed by atoms with Crippen molar-refractivity contribution < 1.29 is 0 Å². The van der Waals surface area contributed by atoms with E-state index >= 15 is 0 Å². The van der Waals surface area contributed by atoms with Gasteiger partial charge >= 0.3 is 0 Å². The topological polar surface area (TPSA) is 44.1 Å². The number of aromatic nitrogens is 5. The molecule has 5 atom stereocenters. The minimum Gasteiger partial charge on any atom is -0.329 e. The number of hydrogen-bond donors (Lipinski definition) is 0. The van der Waals surface area contributed by atoms with E-state index in [-0.39, 0.29) is 24.2 Å². The lowest BCUT2D eigenvalue weighted by Crippen LogP contribution is -2.37. The van der Waals surface area contributed by atoms with Crippen molar-refractivity contribution in [3.8, 4) is 39.6 Å². The monoisotopic (exact) mass is 1860 g/mol. The van der Waals surface area contributed by atoms with Gasteiger partial charge in [-0.25, -0.2) is 0 Å². The second kappa shape index (κ2) is 32.2. The lowest BCUT2D eigenvalue weighted by Gasteiger charge is -2.46. The van der Waals surface area contributed by atoms with Gasteiger partial charge in [0.05, 0.1) is 103 Å². The van der Waals surface area contributed by atoms with Gasteiger partial charge in [-0.2, -0.15) is 0 Å². The quantitative estimate of drug-likeness (QED) is 0.151. The summed E-state index contributed by atoms with van der Waals surface area (Å²) in [5.74, 6) is 0. The first-order valence-corrected chi connectivity index (χ1v) is 51.3. The molecule has 0 amide bonds. The van der Waals surface area contributed by atoms with Gasteiger partial charge in [-0.1, -0.05) is 297 Å². The minimum absolute atomic E-state index is 0.194. The van der Waals surface area contributed by atoms with Crippen molar-refractivity contribution in [1.82, 2.24) is 22.8 Å². The summed E-state index contributed by atoms with van der Waals surface area (Å²) in [5.41, 5.74) is 58.5. The fourth-order valence-corrected chi connectivity index (χ4v) is 27.3. The van der Waals surface area contributed by atoms with Gasteiger partial charge in [-0.3, -0.25) is 0 Å². The Morgan fingerprint density at radius 2 is 0.490 bits per heavy atom. The number of nitrogens with zero attached hydrogens (tertiary/aromatic N) is 11. The lowest BCUT2D eigenvalue weighted by molar-refractivity contribution is 0.672. The summed E-state index contributed by atoms with van der Waals surface area (Å²) >= 11 is 0. The molecular formula is C134H97N11. The number of rotatable bonds is 0. The highest BCUT2D eigenvalue weighted by atomic mass is 15.3. The van der Waals surface area contributed by atoms with Gasteiger partial charge in [0.25, 0.3) is 0 Å². The predicted octanol–water partition coefficient (Wildman–Crippen LogP) is 32.6. The first-order valence-electron chi connectivity index (χ1n) is 51.3. The second-order valence-corrected chi connectivity index (χ2v) is 40.0. The number of hydrogen-bond acceptors (Lipinski definition) is 6. The van der Waals surface area contributed by atoms with Crippen LogP contribution in [0.4, 0.5) is 56.9 Å². The van der Waals surface area contributed by atoms with E-state index in [1.165, 1.54) is 242 Å². The minimum atomic E-state index is 0.194. The Kier molecular flexibility index (Phi) is 18.2. The Hall–Kier alpha value is -18.1. The average molecular weight is 1860 g/mol. The van der Waals surface area contributed by atoms with E-state index in [9.17, 15) is 0 Å². The molecule has 11 nitrogen and oxygen atoms in total. The zero-order chi connectivity index (χ0) is 94.7. The molecule has 18 aromatic rings. The molecule has 6 aliphatic carbocycles. The second-order valence-electron chi connectivity index (χ2n) is 40.0. The first kappa shape index (κ1) is 81.7. The molecule has 12 aliphatic heterocycles. The summed E-state index contributed by atoms with van der Waals surface area (Å²) in [6.07, 6.45) is 45.4. The summed E-state index contributed by atoms with van der Waals surface area (Å²) < 4.78 is 11.7. The number of anilines is 10. The highest BCUT2D eigenvalue weighted by Gasteiger charge is 2.49. The Bertz CT molecular complexity index is 8840. The van der Waals surface area contributed by atoms with Crippen LogP contribution < -0.4 is 29.4 Å². The van der Waals surface area contributed by atoms with Gasteiger partial charge in [0.15, 0.2) is 0 Å². The van der Waals surface area contributed by atoms with Crippen molar-refractivity contribution in [2.24, 2.45) is 0 Å². The third-order valence-corrected chi connectivity index (χ3v) is 33.0. The van der Waals surface area contributed by atoms with Crippen LogP contribution >= 0.6 is 0 Å². The molecule has 0 radical (unpaired) electrons. The van der Waals surface area contributed by atoms with Gasteiger partial charge in [0.2, 0.25) is 0 Å². The van der Waals surface area contributed by atoms with Crippen molar-refractivity contribution >= 4 is 90.3 Å². The SMILES string of the molecule is C1=C2C(=CC1)N1c3ccccc3C3=CCC=C3C1c1ccccc12.C1=CC2=C(C1)C1c3cccn3-c3ccccc3N1c1ccccc12.C1=CC2=C(C1)c1ccccc1N1C3=CCC=C3c3ccccc3C21.C1=CC2=C(C1)c1ccccc1N1c3ccccc3-n3cccc3C21.c1ccc2c(c1)-c1ccccc1N1c3ccccc3-n3cccc3C21.c1ccc2c(c1)N1c3ccccc3-n3cccc3C1c1cccn1-2. The van der Waals surface area contributed by atoms with Gasteiger partial charge in [0.1, 0.15) is 18.1 Å². The molecule has 0 bridgehead atoms. The Morgan fingerprint density at radius 3 is 0.972 bits per heavy atom. The summed E-state index contributed by atoms with van der Waals surface area (Å²) in [6.45, 7) is 0. The number of para-hydroxylation sites is 15. The fraction of sp³-hybridized carbons (Fsp3) is 0.0896. The van der Waals surface area contributed by atoms with Crippen molar-refractivity contribution in [1.29, 1.82) is 0 Å². The zero-order valence-corrected chi connectivity index (χ0v) is 79.7. The smallest absolute Gasteiger partial charge is 0.115 e. The summed E-state index contributed by atoms with van der Waals surface area (Å²) in [6, 6.07) is 138. The molecule has 0 fully saturated rings. The van der Waals surface area contributed by atoms with Crippen LogP contribution in [0.1, 0.15) is 153 Å². The average Bonchev–Trinajstić information content (AvgIpc) is 1.71. The third-order valence-electron chi connectivity index (χ3n) is 33.0. The normalized spacial score (nSPS) is 19.0. The van der Waals surface area contributed by atoms with Crippen molar-refractivity contribution in [2.75, 3.05) is 29.4 Å². The molecule has 0 spiro atoms. The summed E-state index contributed by atoms with van der Waals surface area (Å²) in [4.78, 5) is 15.2. The van der Waals surface area contributed by atoms with Crippen LogP contribution in [0.15, 0.2) is 514 Å². The molecule has 145 heavy (non-hydrogen) atoms. The third kappa shape index (κ3) is 11.9. The van der Waals surface area contributed by atoms with E-state index in [1.54, 1.807) is 0 Å². The van der Waals surface area contributed by atoms with Gasteiger partial charge in [-0.05, 0) is 268 Å². The molecule has 0 saturated carbocycles. The highest BCUT2D eigenvalue weighted by Crippen LogP contribution is 2.64. The molecule has 0 saturated heterocycles. The molecular weight excluding hydrogens is 1760 g/mol. The number of fused-ring (bicyclic) bond motifs is 63. The van der Waals surface area contributed by atoms with E-state index in [0.29, 0.717) is 12.1 Å². The Labute approximate surface area is 843 Å². The van der Waals surface area contributed by atoms with Gasteiger partial charge < -0.3 is 52.2 Å². The van der Waals surface area contributed by atoms with E-state index in [0.717, 1.165) is 38.5 Å². The largest absolute Gasteiger partial charge is 0.329 e. The van der Waals surface area contributed by atoms with Crippen LogP contribution in [-0.2, 0) is 0 Å². The first-order chi connectivity index (χ1) is 72.1. The molecule has 18 aliphatic rings. The van der Waals surface area contributed by atoms with Gasteiger partial charge in [-0.15, -0.1) is 0 Å². The molecule has 5 aromatic heterocycles.